The van der Waals surface area contributed by atoms with Crippen LogP contribution in [-0.4, -0.2) is 25.8 Å². The molecule has 2 N–H and O–H groups in total. The van der Waals surface area contributed by atoms with Crippen molar-refractivity contribution in [2.75, 3.05) is 18.8 Å². The molecule has 0 unspecified atom stereocenters. The average Bonchev–Trinajstić information content (AvgIpc) is 2.24. The van der Waals surface area contributed by atoms with Gasteiger partial charge in [-0.3, -0.25) is 0 Å². The Morgan fingerprint density at radius 3 is 2.65 bits per heavy atom. The van der Waals surface area contributed by atoms with Crippen molar-refractivity contribution in [3.05, 3.63) is 35.3 Å². The summed E-state index contributed by atoms with van der Waals surface area (Å²) >= 11 is 3.24. The normalized spacial score (nSPS) is 11.7. The predicted molar refractivity (Wildman–Crippen MR) is 73.2 cm³/mol. The minimum absolute atomic E-state index is 0.129. The smallest absolute Gasteiger partial charge is 0.245 e. The molecule has 94 valence electrons. The number of nitrogens with zero attached hydrogens (tertiary/aromatic N) is 1. The van der Waals surface area contributed by atoms with Crippen molar-refractivity contribution in [1.29, 1.82) is 0 Å². The lowest BCUT2D eigenvalue weighted by Crippen LogP contribution is -2.31. The van der Waals surface area contributed by atoms with Crippen molar-refractivity contribution in [1.82, 2.24) is 4.31 Å². The van der Waals surface area contributed by atoms with E-state index in [0.717, 1.165) is 4.47 Å². The summed E-state index contributed by atoms with van der Waals surface area (Å²) in [6.07, 6.45) is 1.55. The molecule has 4 nitrogen and oxygen atoms in total. The third-order valence-corrected chi connectivity index (χ3v) is 4.78. The van der Waals surface area contributed by atoms with Crippen molar-refractivity contribution in [2.24, 2.45) is 0 Å². The molecule has 1 aromatic rings. The van der Waals surface area contributed by atoms with E-state index in [4.69, 9.17) is 5.73 Å². The third kappa shape index (κ3) is 3.08. The zero-order valence-corrected chi connectivity index (χ0v) is 12.0. The molecule has 0 spiro atoms. The average molecular weight is 319 g/mol. The molecule has 0 aliphatic rings. The number of rotatable bonds is 5. The van der Waals surface area contributed by atoms with Gasteiger partial charge in [0.2, 0.25) is 10.0 Å². The SMILES string of the molecule is C=CCN(CC)S(=O)(=O)c1ccc(Br)cc1N. The first kappa shape index (κ1) is 14.2. The van der Waals surface area contributed by atoms with E-state index in [1.165, 1.54) is 10.4 Å². The van der Waals surface area contributed by atoms with Gasteiger partial charge >= 0.3 is 0 Å². The van der Waals surface area contributed by atoms with E-state index in [1.807, 2.05) is 0 Å². The molecule has 0 aliphatic heterocycles. The number of nitrogen functional groups attached to an aromatic ring is 1. The van der Waals surface area contributed by atoms with Crippen molar-refractivity contribution in [2.45, 2.75) is 11.8 Å². The van der Waals surface area contributed by atoms with Crippen LogP contribution in [-0.2, 0) is 10.0 Å². The van der Waals surface area contributed by atoms with Crippen LogP contribution in [0.5, 0.6) is 0 Å². The fourth-order valence-electron chi connectivity index (χ4n) is 1.43. The van der Waals surface area contributed by atoms with Gasteiger partial charge in [0, 0.05) is 17.6 Å². The van der Waals surface area contributed by atoms with Gasteiger partial charge < -0.3 is 5.73 Å². The molecule has 1 aromatic carbocycles. The fraction of sp³-hybridized carbons (Fsp3) is 0.273. The summed E-state index contributed by atoms with van der Waals surface area (Å²) in [6, 6.07) is 4.74. The van der Waals surface area contributed by atoms with Gasteiger partial charge in [-0.05, 0) is 18.2 Å². The Morgan fingerprint density at radius 2 is 2.18 bits per heavy atom. The first-order valence-corrected chi connectivity index (χ1v) is 7.32. The number of likely N-dealkylation sites (N-methyl/N-ethyl adjacent to an activating group) is 1. The summed E-state index contributed by atoms with van der Waals surface area (Å²) in [6.45, 7) is 5.97. The third-order valence-electron chi connectivity index (χ3n) is 2.28. The lowest BCUT2D eigenvalue weighted by molar-refractivity contribution is 0.460. The monoisotopic (exact) mass is 318 g/mol. The van der Waals surface area contributed by atoms with Gasteiger partial charge in [-0.2, -0.15) is 4.31 Å². The first-order chi connectivity index (χ1) is 7.93. The molecule has 0 aromatic heterocycles. The van der Waals surface area contributed by atoms with Crippen molar-refractivity contribution >= 4 is 31.6 Å². The number of benzene rings is 1. The fourth-order valence-corrected chi connectivity index (χ4v) is 3.33. The molecule has 0 heterocycles. The molecule has 0 fully saturated rings. The Hall–Kier alpha value is -0.850. The largest absolute Gasteiger partial charge is 0.398 e. The van der Waals surface area contributed by atoms with Crippen LogP contribution in [0.15, 0.2) is 40.2 Å². The number of hydrogen-bond donors (Lipinski definition) is 1. The second-order valence-corrected chi connectivity index (χ2v) is 6.25. The molecule has 0 saturated heterocycles. The van der Waals surface area contributed by atoms with Crippen LogP contribution in [0.4, 0.5) is 5.69 Å². The van der Waals surface area contributed by atoms with Gasteiger partial charge in [0.25, 0.3) is 0 Å². The second kappa shape index (κ2) is 5.66. The second-order valence-electron chi connectivity index (χ2n) is 3.43. The molecule has 6 heteroatoms. The number of anilines is 1. The van der Waals surface area contributed by atoms with E-state index in [1.54, 1.807) is 25.1 Å². The van der Waals surface area contributed by atoms with E-state index < -0.39 is 10.0 Å². The molecular weight excluding hydrogens is 304 g/mol. The topological polar surface area (TPSA) is 63.4 Å². The highest BCUT2D eigenvalue weighted by atomic mass is 79.9. The molecule has 0 radical (unpaired) electrons. The molecule has 0 atom stereocenters. The van der Waals surface area contributed by atoms with Crippen LogP contribution in [0.2, 0.25) is 0 Å². The number of sulfonamides is 1. The van der Waals surface area contributed by atoms with Gasteiger partial charge in [0.05, 0.1) is 5.69 Å². The molecule has 0 bridgehead atoms. The summed E-state index contributed by atoms with van der Waals surface area (Å²) in [5.41, 5.74) is 5.97. The summed E-state index contributed by atoms with van der Waals surface area (Å²) in [5, 5.41) is 0. The predicted octanol–water partition coefficient (Wildman–Crippen LogP) is 2.23. The highest BCUT2D eigenvalue weighted by Crippen LogP contribution is 2.25. The van der Waals surface area contributed by atoms with Gasteiger partial charge in [-0.15, -0.1) is 6.58 Å². The summed E-state index contributed by atoms with van der Waals surface area (Å²) in [5.74, 6) is 0. The van der Waals surface area contributed by atoms with Gasteiger partial charge in [-0.25, -0.2) is 8.42 Å². The van der Waals surface area contributed by atoms with Crippen LogP contribution in [0, 0.1) is 0 Å². The van der Waals surface area contributed by atoms with Crippen LogP contribution < -0.4 is 5.73 Å². The summed E-state index contributed by atoms with van der Waals surface area (Å²) in [4.78, 5) is 0.129. The first-order valence-electron chi connectivity index (χ1n) is 5.09. The van der Waals surface area contributed by atoms with Crippen molar-refractivity contribution < 1.29 is 8.42 Å². The van der Waals surface area contributed by atoms with E-state index in [2.05, 4.69) is 22.5 Å². The van der Waals surface area contributed by atoms with Crippen molar-refractivity contribution in [3.8, 4) is 0 Å². The van der Waals surface area contributed by atoms with Gasteiger partial charge in [0.1, 0.15) is 4.90 Å². The lowest BCUT2D eigenvalue weighted by Gasteiger charge is -2.19. The van der Waals surface area contributed by atoms with Crippen LogP contribution in [0.25, 0.3) is 0 Å². The number of nitrogens with two attached hydrogens (primary N) is 1. The maximum absolute atomic E-state index is 12.3. The molecular formula is C11H15BrN2O2S. The van der Waals surface area contributed by atoms with E-state index in [9.17, 15) is 8.42 Å². The highest BCUT2D eigenvalue weighted by Gasteiger charge is 2.24. The van der Waals surface area contributed by atoms with Crippen LogP contribution in [0.3, 0.4) is 0 Å². The minimum atomic E-state index is -3.54. The molecule has 0 aliphatic carbocycles. The Morgan fingerprint density at radius 1 is 1.53 bits per heavy atom. The zero-order chi connectivity index (χ0) is 13.1. The van der Waals surface area contributed by atoms with Crippen LogP contribution >= 0.6 is 15.9 Å². The summed E-state index contributed by atoms with van der Waals surface area (Å²) in [7, 11) is -3.54. The Kier molecular flexibility index (Phi) is 4.73. The Bertz CT molecular complexity index is 514. The molecule has 17 heavy (non-hydrogen) atoms. The maximum Gasteiger partial charge on any atom is 0.245 e. The maximum atomic E-state index is 12.3. The van der Waals surface area contributed by atoms with Gasteiger partial charge in [-0.1, -0.05) is 28.9 Å². The van der Waals surface area contributed by atoms with E-state index in [0.29, 0.717) is 6.54 Å². The molecule has 0 saturated carbocycles. The Balaban J connectivity index is 3.24. The van der Waals surface area contributed by atoms with E-state index >= 15 is 0 Å². The lowest BCUT2D eigenvalue weighted by atomic mass is 10.3. The van der Waals surface area contributed by atoms with Crippen LogP contribution in [0.1, 0.15) is 6.92 Å². The quantitative estimate of drug-likeness (QED) is 0.669. The minimum Gasteiger partial charge on any atom is -0.398 e. The molecule has 1 rings (SSSR count). The number of hydrogen-bond acceptors (Lipinski definition) is 3. The number of halogens is 1. The van der Waals surface area contributed by atoms with E-state index in [-0.39, 0.29) is 17.1 Å². The van der Waals surface area contributed by atoms with Gasteiger partial charge in [0.15, 0.2) is 0 Å². The zero-order valence-electron chi connectivity index (χ0n) is 9.56. The summed E-state index contributed by atoms with van der Waals surface area (Å²) < 4.78 is 26.6. The standard InChI is InChI=1S/C11H15BrN2O2S/c1-3-7-14(4-2)17(15,16)11-6-5-9(12)8-10(11)13/h3,5-6,8H,1,4,7,13H2,2H3. The molecule has 0 amide bonds. The Labute approximate surface area is 110 Å². The highest BCUT2D eigenvalue weighted by molar-refractivity contribution is 9.10. The van der Waals surface area contributed by atoms with Crippen molar-refractivity contribution in [3.63, 3.8) is 0 Å².